The van der Waals surface area contributed by atoms with Crippen molar-refractivity contribution >= 4 is 17.9 Å². The van der Waals surface area contributed by atoms with Crippen LogP contribution in [0.3, 0.4) is 0 Å². The fraction of sp³-hybridized carbons (Fsp3) is 0.635. The third-order valence-corrected chi connectivity index (χ3v) is 9.73. The maximum atomic E-state index is 12.8. The summed E-state index contributed by atoms with van der Waals surface area (Å²) in [5, 5.41) is 9.64. The number of carbonyl (C=O) groups is 3. The molecule has 0 aliphatic carbocycles. The number of esters is 2. The fourth-order valence-corrected chi connectivity index (χ4v) is 6.19. The first kappa shape index (κ1) is 56.2. The van der Waals surface area contributed by atoms with Gasteiger partial charge in [0.1, 0.15) is 6.61 Å². The van der Waals surface area contributed by atoms with Crippen LogP contribution in [-0.4, -0.2) is 80.6 Å². The van der Waals surface area contributed by atoms with Crippen molar-refractivity contribution in [2.24, 2.45) is 0 Å². The lowest BCUT2D eigenvalue weighted by molar-refractivity contribution is -0.887. The summed E-state index contributed by atoms with van der Waals surface area (Å²) in [7, 11) is 5.51. The molecule has 0 bridgehead atoms. The van der Waals surface area contributed by atoms with Gasteiger partial charge in [0, 0.05) is 19.3 Å². The fourth-order valence-electron chi connectivity index (χ4n) is 6.19. The van der Waals surface area contributed by atoms with Crippen LogP contribution in [0.1, 0.15) is 162 Å². The highest BCUT2D eigenvalue weighted by atomic mass is 16.6. The number of ether oxygens (including phenoxy) is 3. The van der Waals surface area contributed by atoms with Crippen LogP contribution < -0.4 is 0 Å². The molecule has 0 aromatic rings. The Morgan fingerprint density at radius 3 is 1.30 bits per heavy atom. The maximum absolute atomic E-state index is 12.8. The number of unbranched alkanes of at least 4 members (excludes halogenated alkanes) is 10. The number of hydrogen-bond donors (Lipinski definition) is 1. The minimum Gasteiger partial charge on any atom is -0.477 e. The normalized spacial score (nSPS) is 13.8. The monoisotopic (exact) mass is 837 g/mol. The standard InChI is InChI=1S/C52H85NO7/c1-6-8-10-12-14-16-18-20-22-24-25-27-29-31-33-35-37-39-41-43-51(55)60-48(46-58-45-44-49(52(56)57)53(3,4)5)47-59-50(54)42-40-38-36-34-32-30-28-26-23-21-19-17-15-13-11-9-7-2/h8-11,14-17,20-23,25,27-28,30,48-49H,6-7,12-13,18-19,24,26,29,31-47H2,1-5H3/p+1/b10-8-,11-9-,16-14-,17-15-,22-20-,23-21-,27-25-,30-28-. The van der Waals surface area contributed by atoms with Gasteiger partial charge < -0.3 is 23.8 Å². The molecule has 2 atom stereocenters. The average molecular weight is 837 g/mol. The summed E-state index contributed by atoms with van der Waals surface area (Å²) in [5.41, 5.74) is 0. The van der Waals surface area contributed by atoms with Gasteiger partial charge in [0.2, 0.25) is 0 Å². The molecule has 0 radical (unpaired) electrons. The highest BCUT2D eigenvalue weighted by molar-refractivity contribution is 5.72. The molecule has 60 heavy (non-hydrogen) atoms. The minimum absolute atomic E-state index is 0.0408. The second-order valence-electron chi connectivity index (χ2n) is 16.2. The molecule has 0 saturated carbocycles. The summed E-state index contributed by atoms with van der Waals surface area (Å²) in [6, 6.07) is -0.627. The summed E-state index contributed by atoms with van der Waals surface area (Å²) in [6.07, 6.45) is 55.9. The lowest BCUT2D eigenvalue weighted by Crippen LogP contribution is -2.50. The van der Waals surface area contributed by atoms with E-state index in [0.717, 1.165) is 116 Å². The van der Waals surface area contributed by atoms with E-state index >= 15 is 0 Å². The van der Waals surface area contributed by atoms with Crippen molar-refractivity contribution < 1.29 is 38.2 Å². The second-order valence-corrected chi connectivity index (χ2v) is 16.2. The zero-order chi connectivity index (χ0) is 44.2. The lowest BCUT2D eigenvalue weighted by atomic mass is 10.1. The van der Waals surface area contributed by atoms with E-state index in [1.165, 1.54) is 12.8 Å². The molecular formula is C52H86NO7+. The molecule has 0 aromatic carbocycles. The predicted octanol–water partition coefficient (Wildman–Crippen LogP) is 13.1. The Morgan fingerprint density at radius 2 is 0.883 bits per heavy atom. The van der Waals surface area contributed by atoms with Crippen LogP contribution in [0, 0.1) is 0 Å². The average Bonchev–Trinajstić information content (AvgIpc) is 3.21. The van der Waals surface area contributed by atoms with Gasteiger partial charge in [-0.2, -0.15) is 0 Å². The lowest BCUT2D eigenvalue weighted by Gasteiger charge is -2.31. The Labute approximate surface area is 366 Å². The smallest absolute Gasteiger partial charge is 0.362 e. The molecule has 0 spiro atoms. The van der Waals surface area contributed by atoms with Crippen molar-refractivity contribution in [1.82, 2.24) is 0 Å². The van der Waals surface area contributed by atoms with Crippen LogP contribution in [0.5, 0.6) is 0 Å². The van der Waals surface area contributed by atoms with E-state index < -0.39 is 18.1 Å². The second kappa shape index (κ2) is 42.0. The SMILES string of the molecule is CC/C=C\C/C=C\C/C=C\C/C=C\CCCCCCCCC(=O)OC(COCCC(C(=O)O)[N+](C)(C)C)COC(=O)CCCCCC/C=C\C/C=C\C/C=C\C/C=C\CC. The van der Waals surface area contributed by atoms with E-state index in [1.807, 2.05) is 21.1 Å². The quantitative estimate of drug-likeness (QED) is 0.0284. The largest absolute Gasteiger partial charge is 0.477 e. The Bertz CT molecular complexity index is 1300. The van der Waals surface area contributed by atoms with Gasteiger partial charge in [-0.3, -0.25) is 9.59 Å². The molecule has 0 saturated heterocycles. The van der Waals surface area contributed by atoms with E-state index in [1.54, 1.807) is 0 Å². The van der Waals surface area contributed by atoms with Crippen molar-refractivity contribution in [1.29, 1.82) is 0 Å². The molecule has 340 valence electrons. The Kier molecular flexibility index (Phi) is 39.3. The number of quaternary nitrogens is 1. The van der Waals surface area contributed by atoms with Gasteiger partial charge in [0.25, 0.3) is 0 Å². The molecule has 0 aliphatic heterocycles. The van der Waals surface area contributed by atoms with E-state index in [-0.39, 0.29) is 36.2 Å². The van der Waals surface area contributed by atoms with Crippen molar-refractivity contribution in [2.75, 3.05) is 41.0 Å². The molecule has 0 aliphatic rings. The molecule has 8 heteroatoms. The van der Waals surface area contributed by atoms with E-state index in [2.05, 4.69) is 111 Å². The first-order valence-corrected chi connectivity index (χ1v) is 23.3. The van der Waals surface area contributed by atoms with E-state index in [0.29, 0.717) is 19.3 Å². The molecule has 0 aromatic heterocycles. The number of aliphatic carboxylic acids is 1. The molecular weight excluding hydrogens is 751 g/mol. The Balaban J connectivity index is 4.40. The van der Waals surface area contributed by atoms with Gasteiger partial charge in [0.05, 0.1) is 34.4 Å². The van der Waals surface area contributed by atoms with Crippen LogP contribution in [0.25, 0.3) is 0 Å². The van der Waals surface area contributed by atoms with Gasteiger partial charge >= 0.3 is 17.9 Å². The summed E-state index contributed by atoms with van der Waals surface area (Å²) in [4.78, 5) is 37.1. The van der Waals surface area contributed by atoms with Crippen molar-refractivity contribution in [2.45, 2.75) is 174 Å². The van der Waals surface area contributed by atoms with E-state index in [4.69, 9.17) is 14.2 Å². The van der Waals surface area contributed by atoms with Gasteiger partial charge in [-0.05, 0) is 89.9 Å². The summed E-state index contributed by atoms with van der Waals surface area (Å²) in [6.45, 7) is 4.45. The van der Waals surface area contributed by atoms with Crippen LogP contribution in [-0.2, 0) is 28.6 Å². The Morgan fingerprint density at radius 1 is 0.500 bits per heavy atom. The third-order valence-electron chi connectivity index (χ3n) is 9.73. The first-order chi connectivity index (χ1) is 29.1. The molecule has 1 N–H and O–H groups in total. The third kappa shape index (κ3) is 39.7. The van der Waals surface area contributed by atoms with Crippen molar-refractivity contribution in [3.05, 3.63) is 97.2 Å². The predicted molar refractivity (Wildman–Crippen MR) is 252 cm³/mol. The zero-order valence-corrected chi connectivity index (χ0v) is 38.6. The summed E-state index contributed by atoms with van der Waals surface area (Å²) in [5.74, 6) is -1.53. The topological polar surface area (TPSA) is 99.1 Å². The van der Waals surface area contributed by atoms with Gasteiger partial charge in [-0.15, -0.1) is 0 Å². The molecule has 2 unspecified atom stereocenters. The van der Waals surface area contributed by atoms with E-state index in [9.17, 15) is 19.5 Å². The van der Waals surface area contributed by atoms with Crippen LogP contribution in [0.2, 0.25) is 0 Å². The number of nitrogens with zero attached hydrogens (tertiary/aromatic N) is 1. The number of allylic oxidation sites excluding steroid dienone is 16. The highest BCUT2D eigenvalue weighted by Gasteiger charge is 2.31. The number of rotatable bonds is 40. The van der Waals surface area contributed by atoms with Gasteiger partial charge in [-0.1, -0.05) is 150 Å². The van der Waals surface area contributed by atoms with Crippen LogP contribution in [0.4, 0.5) is 0 Å². The number of likely N-dealkylation sites (N-methyl/N-ethyl adjacent to an activating group) is 1. The molecule has 8 nitrogen and oxygen atoms in total. The van der Waals surface area contributed by atoms with Gasteiger partial charge in [-0.25, -0.2) is 4.79 Å². The van der Waals surface area contributed by atoms with Gasteiger partial charge in [0.15, 0.2) is 12.1 Å². The summed E-state index contributed by atoms with van der Waals surface area (Å²) >= 11 is 0. The minimum atomic E-state index is -0.886. The van der Waals surface area contributed by atoms with Crippen LogP contribution >= 0.6 is 0 Å². The maximum Gasteiger partial charge on any atom is 0.362 e. The highest BCUT2D eigenvalue weighted by Crippen LogP contribution is 2.13. The molecule has 0 heterocycles. The number of carbonyl (C=O) groups excluding carboxylic acids is 2. The number of carboxylic acids is 1. The molecule has 0 amide bonds. The molecule has 0 fully saturated rings. The zero-order valence-electron chi connectivity index (χ0n) is 38.6. The molecule has 0 rings (SSSR count). The summed E-state index contributed by atoms with van der Waals surface area (Å²) < 4.78 is 17.3. The number of hydrogen-bond acceptors (Lipinski definition) is 6. The number of carboxylic acid groups (broad SMARTS) is 1. The van der Waals surface area contributed by atoms with Crippen LogP contribution in [0.15, 0.2) is 97.2 Å². The Hall–Kier alpha value is -3.75. The van der Waals surface area contributed by atoms with Crippen molar-refractivity contribution in [3.63, 3.8) is 0 Å². The first-order valence-electron chi connectivity index (χ1n) is 23.3. The van der Waals surface area contributed by atoms with Crippen molar-refractivity contribution in [3.8, 4) is 0 Å².